The average Bonchev–Trinajstić information content (AvgIpc) is 3.28. The quantitative estimate of drug-likeness (QED) is 0.136. The van der Waals surface area contributed by atoms with E-state index in [0.717, 1.165) is 12.8 Å². The summed E-state index contributed by atoms with van der Waals surface area (Å²) in [5, 5.41) is 17.2. The Morgan fingerprint density at radius 2 is 1.71 bits per heavy atom. The summed E-state index contributed by atoms with van der Waals surface area (Å²) in [7, 11) is -5.44. The molecule has 15 nitrogen and oxygen atoms in total. The van der Waals surface area contributed by atoms with Gasteiger partial charge in [-0.25, -0.2) is 18.0 Å². The topological polar surface area (TPSA) is 221 Å². The molecule has 0 aromatic heterocycles. The number of nitrogens with one attached hydrogen (secondary N) is 3. The van der Waals surface area contributed by atoms with Crippen molar-refractivity contribution in [1.82, 2.24) is 20.9 Å². The van der Waals surface area contributed by atoms with Gasteiger partial charge < -0.3 is 40.0 Å². The first-order chi connectivity index (χ1) is 20.3. The van der Waals surface area contributed by atoms with Crippen molar-refractivity contribution in [2.24, 2.45) is 17.3 Å². The number of nitrogens with zero attached hydrogens (tertiary/aromatic N) is 1. The monoisotopic (exact) mass is 668 g/mol. The summed E-state index contributed by atoms with van der Waals surface area (Å²) >= 11 is 0. The van der Waals surface area contributed by atoms with Gasteiger partial charge in [0.05, 0.1) is 6.04 Å². The van der Waals surface area contributed by atoms with Crippen LogP contribution in [0.2, 0.25) is 0 Å². The van der Waals surface area contributed by atoms with Gasteiger partial charge in [0.15, 0.2) is 5.78 Å². The predicted octanol–water partition coefficient (Wildman–Crippen LogP) is -2.25. The summed E-state index contributed by atoms with van der Waals surface area (Å²) in [4.78, 5) is 64.9. The van der Waals surface area contributed by atoms with E-state index in [-0.39, 0.29) is 59.8 Å². The Bertz CT molecular complexity index is 1210. The van der Waals surface area contributed by atoms with E-state index in [0.29, 0.717) is 38.9 Å². The minimum absolute atomic E-state index is 0. The fraction of sp³-hybridized carbons (Fsp3) is 0.821. The number of rotatable bonds is 11. The fourth-order valence-corrected chi connectivity index (χ4v) is 6.35. The van der Waals surface area contributed by atoms with Crippen molar-refractivity contribution in [2.75, 3.05) is 19.6 Å². The second-order valence-corrected chi connectivity index (χ2v) is 15.0. The summed E-state index contributed by atoms with van der Waals surface area (Å²) in [6.07, 6.45) is 1.19. The Labute approximate surface area is 286 Å². The van der Waals surface area contributed by atoms with E-state index < -0.39 is 69.0 Å². The van der Waals surface area contributed by atoms with Crippen molar-refractivity contribution < 1.29 is 81.1 Å². The fourth-order valence-electron chi connectivity index (χ4n) is 5.91. The molecule has 2 saturated heterocycles. The van der Waals surface area contributed by atoms with Crippen molar-refractivity contribution in [1.29, 1.82) is 0 Å². The van der Waals surface area contributed by atoms with Gasteiger partial charge in [0.1, 0.15) is 27.9 Å². The van der Waals surface area contributed by atoms with Crippen molar-refractivity contribution in [2.45, 2.75) is 109 Å². The Morgan fingerprint density at radius 1 is 1.11 bits per heavy atom. The zero-order chi connectivity index (χ0) is 33.0. The van der Waals surface area contributed by atoms with Crippen LogP contribution in [0.4, 0.5) is 9.59 Å². The summed E-state index contributed by atoms with van der Waals surface area (Å²) in [5.41, 5.74) is -3.57. The van der Waals surface area contributed by atoms with E-state index in [2.05, 4.69) is 16.0 Å². The summed E-state index contributed by atoms with van der Waals surface area (Å²) in [6, 6.07) is -2.86. The molecule has 2 heterocycles. The van der Waals surface area contributed by atoms with Gasteiger partial charge in [0.2, 0.25) is 17.3 Å². The number of ketones is 1. The van der Waals surface area contributed by atoms with Crippen molar-refractivity contribution >= 4 is 39.9 Å². The van der Waals surface area contributed by atoms with Gasteiger partial charge in [-0.05, 0) is 77.0 Å². The Balaban J connectivity index is 0.00000705. The van der Waals surface area contributed by atoms with Gasteiger partial charge >= 0.3 is 41.7 Å². The van der Waals surface area contributed by atoms with Gasteiger partial charge in [-0.15, -0.1) is 0 Å². The molecule has 0 radical (unpaired) electrons. The molecular weight excluding hydrogens is 623 g/mol. The van der Waals surface area contributed by atoms with Gasteiger partial charge in [-0.3, -0.25) is 14.4 Å². The molecule has 4 amide bonds. The number of aliphatic hydroxyl groups is 1. The van der Waals surface area contributed by atoms with Gasteiger partial charge in [-0.2, -0.15) is 0 Å². The first-order valence-electron chi connectivity index (χ1n) is 15.0. The van der Waals surface area contributed by atoms with Crippen LogP contribution in [-0.4, -0.2) is 102 Å². The molecule has 0 aromatic rings. The summed E-state index contributed by atoms with van der Waals surface area (Å²) < 4.78 is 45.0. The van der Waals surface area contributed by atoms with Crippen LogP contribution in [0.3, 0.4) is 0 Å². The minimum atomic E-state index is -5.44. The second kappa shape index (κ2) is 15.7. The zero-order valence-electron chi connectivity index (χ0n) is 26.9. The van der Waals surface area contributed by atoms with Crippen LogP contribution in [0.1, 0.15) is 79.6 Å². The standard InChI is InChI=1S/C28H46N4O11S.Na/c1-16(2)12-20(23(35)30-19(13-17-6-9-29-22(17)34)21(33)24(36)44(39,40)41)31-25(37)42-18-14-28(15-18)7-10-32(11-8-28)26(38)43-27(3,4)5;/h16-20,24,36H,6-15H2,1-5H3,(H,29,34)(H,30,35)(H,31,37)(H,39,40,41);/q;+1/p-1/t17-,19+,20+,24?;/m1./s1. The van der Waals surface area contributed by atoms with Crippen molar-refractivity contribution in [3.63, 3.8) is 0 Å². The Morgan fingerprint density at radius 3 is 2.20 bits per heavy atom. The number of hydrogen-bond acceptors (Lipinski definition) is 11. The maximum absolute atomic E-state index is 13.3. The molecule has 45 heavy (non-hydrogen) atoms. The van der Waals surface area contributed by atoms with Crippen LogP contribution in [0, 0.1) is 17.3 Å². The smallest absolute Gasteiger partial charge is 0.746 e. The van der Waals surface area contributed by atoms with Crippen LogP contribution in [0.15, 0.2) is 0 Å². The first kappa shape index (κ1) is 39.2. The van der Waals surface area contributed by atoms with Crippen LogP contribution < -0.4 is 45.5 Å². The Kier molecular flexibility index (Phi) is 13.7. The zero-order valence-corrected chi connectivity index (χ0v) is 29.7. The number of amides is 4. The van der Waals surface area contributed by atoms with E-state index in [1.807, 2.05) is 20.8 Å². The Hall–Kier alpha value is -1.98. The number of carbonyl (C=O) groups excluding carboxylic acids is 5. The summed E-state index contributed by atoms with van der Waals surface area (Å²) in [6.45, 7) is 10.4. The molecule has 0 aromatic carbocycles. The molecular formula is C28H45N4NaO11S. The van der Waals surface area contributed by atoms with Crippen LogP contribution in [0.5, 0.6) is 0 Å². The second-order valence-electron chi connectivity index (χ2n) is 13.6. The summed E-state index contributed by atoms with van der Waals surface area (Å²) in [5.74, 6) is -3.59. The number of likely N-dealkylation sites (tertiary alicyclic amines) is 1. The van der Waals surface area contributed by atoms with E-state index in [1.165, 1.54) is 0 Å². The molecule has 1 aliphatic carbocycles. The third-order valence-electron chi connectivity index (χ3n) is 8.25. The molecule has 4 N–H and O–H groups in total. The maximum Gasteiger partial charge on any atom is 1.00 e. The molecule has 3 rings (SSSR count). The molecule has 250 valence electrons. The predicted molar refractivity (Wildman–Crippen MR) is 154 cm³/mol. The first-order valence-corrected chi connectivity index (χ1v) is 16.5. The molecule has 0 bridgehead atoms. The number of carbonyl (C=O) groups is 5. The van der Waals surface area contributed by atoms with E-state index in [9.17, 15) is 42.0 Å². The van der Waals surface area contributed by atoms with Gasteiger partial charge in [-0.1, -0.05) is 13.8 Å². The molecule has 17 heteroatoms. The number of Topliss-reactive ketones (excluding diaryl/α,β-unsaturated/α-hetero) is 1. The molecule has 2 aliphatic heterocycles. The van der Waals surface area contributed by atoms with Crippen LogP contribution >= 0.6 is 0 Å². The van der Waals surface area contributed by atoms with E-state index >= 15 is 0 Å². The minimum Gasteiger partial charge on any atom is -0.746 e. The van der Waals surface area contributed by atoms with Crippen molar-refractivity contribution in [3.8, 4) is 0 Å². The van der Waals surface area contributed by atoms with Crippen molar-refractivity contribution in [3.05, 3.63) is 0 Å². The number of alkyl carbamates (subject to hydrolysis) is 1. The molecule has 3 fully saturated rings. The van der Waals surface area contributed by atoms with Gasteiger partial charge in [0, 0.05) is 25.6 Å². The number of hydrogen-bond donors (Lipinski definition) is 4. The molecule has 4 atom stereocenters. The largest absolute Gasteiger partial charge is 1.00 e. The molecule has 3 aliphatic rings. The van der Waals surface area contributed by atoms with Gasteiger partial charge in [0.25, 0.3) is 0 Å². The number of aliphatic hydroxyl groups excluding tert-OH is 1. The third-order valence-corrected chi connectivity index (χ3v) is 9.03. The maximum atomic E-state index is 13.3. The third kappa shape index (κ3) is 11.3. The number of piperidine rings is 1. The SMILES string of the molecule is CC(C)C[C@H](NC(=O)OC1CC2(CCN(C(=O)OC(C)(C)C)CC2)C1)C(=O)N[C@@H](C[C@H]1CCNC1=O)C(=O)C(O)S(=O)(=O)[O-].[Na+]. The van der Waals surface area contributed by atoms with E-state index in [4.69, 9.17) is 9.47 Å². The van der Waals surface area contributed by atoms with Crippen LogP contribution in [-0.2, 0) is 34.0 Å². The van der Waals surface area contributed by atoms with E-state index in [1.54, 1.807) is 18.7 Å². The molecule has 1 spiro atoms. The average molecular weight is 669 g/mol. The normalized spacial score (nSPS) is 21.9. The molecule has 1 saturated carbocycles. The number of ether oxygens (including phenoxy) is 2. The molecule has 1 unspecified atom stereocenters. The van der Waals surface area contributed by atoms with Crippen LogP contribution in [0.25, 0.3) is 0 Å².